The van der Waals surface area contributed by atoms with Crippen LogP contribution < -0.4 is 15.8 Å². The Morgan fingerprint density at radius 3 is 2.65 bits per heavy atom. The monoisotopic (exact) mass is 609 g/mol. The number of primary sulfonamides is 1. The molecule has 2 heterocycles. The van der Waals surface area contributed by atoms with Crippen LogP contribution in [0.1, 0.15) is 53.8 Å². The highest BCUT2D eigenvalue weighted by Gasteiger charge is 2.39. The number of rotatable bonds is 9. The second-order valence-corrected chi connectivity index (χ2v) is 12.5. The minimum absolute atomic E-state index is 0.00725. The molecule has 5 N–H and O–H groups in total. The van der Waals surface area contributed by atoms with Crippen LogP contribution in [0.5, 0.6) is 0 Å². The summed E-state index contributed by atoms with van der Waals surface area (Å²) in [6.07, 6.45) is 5.15. The average molecular weight is 610 g/mol. The Hall–Kier alpha value is -4.20. The molecule has 3 amide bonds. The summed E-state index contributed by atoms with van der Waals surface area (Å²) >= 11 is 0. The van der Waals surface area contributed by atoms with Gasteiger partial charge in [-0.05, 0) is 73.2 Å². The van der Waals surface area contributed by atoms with Crippen molar-refractivity contribution in [3.8, 4) is 0 Å². The average Bonchev–Trinajstić information content (AvgIpc) is 3.72. The maximum atomic E-state index is 13.4. The molecule has 3 aromatic rings. The van der Waals surface area contributed by atoms with Gasteiger partial charge in [-0.25, -0.2) is 22.9 Å². The fourth-order valence-corrected chi connectivity index (χ4v) is 5.63. The molecule has 13 heteroatoms. The van der Waals surface area contributed by atoms with Crippen LogP contribution in [0.25, 0.3) is 17.0 Å². The molecule has 0 spiro atoms. The summed E-state index contributed by atoms with van der Waals surface area (Å²) in [5.74, 6) is -1.70. The number of carbonyl (C=O) groups excluding carboxylic acids is 3. The molecule has 43 heavy (non-hydrogen) atoms. The Kier molecular flexibility index (Phi) is 8.58. The minimum atomic E-state index is -3.99. The maximum Gasteiger partial charge on any atom is 0.270 e. The van der Waals surface area contributed by atoms with E-state index < -0.39 is 58.3 Å². The maximum absolute atomic E-state index is 13.4. The van der Waals surface area contributed by atoms with Crippen LogP contribution in [-0.4, -0.2) is 66.4 Å². The van der Waals surface area contributed by atoms with Gasteiger partial charge in [0.2, 0.25) is 21.8 Å². The van der Waals surface area contributed by atoms with Crippen LogP contribution in [0, 0.1) is 11.7 Å². The van der Waals surface area contributed by atoms with Crippen molar-refractivity contribution in [1.82, 2.24) is 20.5 Å². The number of amides is 3. The Labute approximate surface area is 248 Å². The SMILES string of the molecule is C[C@@H](NC(=O)[C@@H]1C[C@@H](O)CN1C(=O)CNC(=O)c1ccc2cc(F)ccc2n1)c1cc(S(N)(=O)=O)ccc1/C=C/C1CC1. The van der Waals surface area contributed by atoms with Gasteiger partial charge in [-0.15, -0.1) is 0 Å². The minimum Gasteiger partial charge on any atom is -0.391 e. The third-order valence-electron chi connectivity index (χ3n) is 7.57. The molecular weight excluding hydrogens is 577 g/mol. The van der Waals surface area contributed by atoms with Crippen molar-refractivity contribution in [2.75, 3.05) is 13.1 Å². The zero-order valence-electron chi connectivity index (χ0n) is 23.4. The molecule has 1 saturated heterocycles. The van der Waals surface area contributed by atoms with Gasteiger partial charge in [0, 0.05) is 18.4 Å². The Morgan fingerprint density at radius 2 is 1.93 bits per heavy atom. The van der Waals surface area contributed by atoms with E-state index in [9.17, 15) is 32.3 Å². The van der Waals surface area contributed by atoms with Crippen LogP contribution in [0.2, 0.25) is 0 Å². The number of benzene rings is 2. The number of pyridine rings is 1. The molecule has 2 aliphatic rings. The normalized spacial score (nSPS) is 19.5. The number of sulfonamides is 1. The summed E-state index contributed by atoms with van der Waals surface area (Å²) in [4.78, 5) is 44.4. The number of aromatic nitrogens is 1. The van der Waals surface area contributed by atoms with Gasteiger partial charge >= 0.3 is 0 Å². The van der Waals surface area contributed by atoms with Gasteiger partial charge in [0.1, 0.15) is 17.6 Å². The first-order valence-corrected chi connectivity index (χ1v) is 15.4. The number of carbonyl (C=O) groups is 3. The van der Waals surface area contributed by atoms with Crippen molar-refractivity contribution in [1.29, 1.82) is 0 Å². The predicted octanol–water partition coefficient (Wildman–Crippen LogP) is 2.01. The number of nitrogens with zero attached hydrogens (tertiary/aromatic N) is 2. The molecular formula is C30H32FN5O6S. The second kappa shape index (κ2) is 12.2. The highest BCUT2D eigenvalue weighted by Crippen LogP contribution is 2.32. The summed E-state index contributed by atoms with van der Waals surface area (Å²) in [5.41, 5.74) is 1.70. The fraction of sp³-hybridized carbons (Fsp3) is 0.333. The fourth-order valence-electron chi connectivity index (χ4n) is 5.08. The largest absolute Gasteiger partial charge is 0.391 e. The zero-order chi connectivity index (χ0) is 30.9. The number of likely N-dealkylation sites (tertiary alicyclic amines) is 1. The van der Waals surface area contributed by atoms with Crippen molar-refractivity contribution in [2.45, 2.75) is 49.3 Å². The Balaban J connectivity index is 1.26. The smallest absolute Gasteiger partial charge is 0.270 e. The van der Waals surface area contributed by atoms with Gasteiger partial charge < -0.3 is 20.6 Å². The third kappa shape index (κ3) is 7.24. The number of β-amino-alcohol motifs (C(OH)–C–C–N with tert-alkyl or cyclic N) is 1. The molecule has 1 aromatic heterocycles. The number of nitrogens with one attached hydrogen (secondary N) is 2. The van der Waals surface area contributed by atoms with Crippen molar-refractivity contribution in [2.24, 2.45) is 11.1 Å². The van der Waals surface area contributed by atoms with Crippen LogP contribution in [0.3, 0.4) is 0 Å². The van der Waals surface area contributed by atoms with E-state index in [1.54, 1.807) is 19.1 Å². The first-order chi connectivity index (χ1) is 20.4. The van der Waals surface area contributed by atoms with E-state index in [1.165, 1.54) is 41.3 Å². The molecule has 11 nitrogen and oxygen atoms in total. The number of hydrogen-bond donors (Lipinski definition) is 4. The van der Waals surface area contributed by atoms with Gasteiger partial charge in [-0.2, -0.15) is 0 Å². The number of halogens is 1. The summed E-state index contributed by atoms with van der Waals surface area (Å²) in [6.45, 7) is 1.15. The molecule has 0 unspecified atom stereocenters. The van der Waals surface area contributed by atoms with E-state index in [0.29, 0.717) is 22.4 Å². The van der Waals surface area contributed by atoms with Crippen molar-refractivity contribution >= 4 is 44.7 Å². The van der Waals surface area contributed by atoms with Gasteiger partial charge in [0.05, 0.1) is 29.1 Å². The highest BCUT2D eigenvalue weighted by molar-refractivity contribution is 7.89. The van der Waals surface area contributed by atoms with E-state index in [1.807, 2.05) is 12.2 Å². The Morgan fingerprint density at radius 1 is 1.16 bits per heavy atom. The van der Waals surface area contributed by atoms with Gasteiger partial charge in [0.25, 0.3) is 5.91 Å². The number of nitrogens with two attached hydrogens (primary N) is 1. The van der Waals surface area contributed by atoms with Gasteiger partial charge in [-0.1, -0.05) is 24.3 Å². The highest BCUT2D eigenvalue weighted by atomic mass is 32.2. The number of fused-ring (bicyclic) bond motifs is 1. The molecule has 226 valence electrons. The summed E-state index contributed by atoms with van der Waals surface area (Å²) in [5, 5.41) is 21.5. The molecule has 2 fully saturated rings. The van der Waals surface area contributed by atoms with Crippen LogP contribution in [0.15, 0.2) is 59.5 Å². The molecule has 1 aliphatic carbocycles. The number of hydrogen-bond acceptors (Lipinski definition) is 7. The summed E-state index contributed by atoms with van der Waals surface area (Å²) in [6, 6.07) is 9.73. The molecule has 5 rings (SSSR count). The van der Waals surface area contributed by atoms with Gasteiger partial charge in [0.15, 0.2) is 0 Å². The lowest BCUT2D eigenvalue weighted by atomic mass is 10.00. The molecule has 0 radical (unpaired) electrons. The van der Waals surface area contributed by atoms with Crippen molar-refractivity contribution < 1.29 is 32.3 Å². The van der Waals surface area contributed by atoms with E-state index in [2.05, 4.69) is 15.6 Å². The molecule has 3 atom stereocenters. The van der Waals surface area contributed by atoms with Crippen LogP contribution >= 0.6 is 0 Å². The van der Waals surface area contributed by atoms with E-state index in [4.69, 9.17) is 5.14 Å². The molecule has 1 saturated carbocycles. The molecule has 1 aliphatic heterocycles. The lowest BCUT2D eigenvalue weighted by Crippen LogP contribution is -2.49. The molecule has 2 aromatic carbocycles. The topological polar surface area (TPSA) is 172 Å². The number of aliphatic hydroxyl groups is 1. The van der Waals surface area contributed by atoms with Gasteiger partial charge in [-0.3, -0.25) is 14.4 Å². The Bertz CT molecular complexity index is 1730. The van der Waals surface area contributed by atoms with E-state index in [0.717, 1.165) is 18.4 Å². The van der Waals surface area contributed by atoms with E-state index >= 15 is 0 Å². The second-order valence-electron chi connectivity index (χ2n) is 10.9. The van der Waals surface area contributed by atoms with Crippen molar-refractivity contribution in [3.63, 3.8) is 0 Å². The first-order valence-electron chi connectivity index (χ1n) is 13.9. The first kappa shape index (κ1) is 30.3. The quantitative estimate of drug-likeness (QED) is 0.287. The third-order valence-corrected chi connectivity index (χ3v) is 8.48. The zero-order valence-corrected chi connectivity index (χ0v) is 24.2. The summed E-state index contributed by atoms with van der Waals surface area (Å²) in [7, 11) is -3.99. The number of aliphatic hydroxyl groups excluding tert-OH is 1. The van der Waals surface area contributed by atoms with Crippen LogP contribution in [-0.2, 0) is 19.6 Å². The van der Waals surface area contributed by atoms with Crippen molar-refractivity contribution in [3.05, 3.63) is 77.2 Å². The lowest BCUT2D eigenvalue weighted by molar-refractivity contribution is -0.138. The van der Waals surface area contributed by atoms with E-state index in [-0.39, 0.29) is 23.6 Å². The summed E-state index contributed by atoms with van der Waals surface area (Å²) < 4.78 is 37.4. The predicted molar refractivity (Wildman–Crippen MR) is 156 cm³/mol. The lowest BCUT2D eigenvalue weighted by Gasteiger charge is -2.26. The number of allylic oxidation sites excluding steroid dienone is 1. The molecule has 0 bridgehead atoms. The van der Waals surface area contributed by atoms with Crippen LogP contribution in [0.4, 0.5) is 4.39 Å². The standard InChI is InChI=1S/C30H32FN5O6S/c1-17(24-14-23(43(32,41)42)9-6-19(24)5-4-18-2-3-18)34-30(40)27-13-22(37)16-36(27)28(38)15-33-29(39)26-10-7-20-12-21(31)8-11-25(20)35-26/h4-12,14,17-18,22,27,37H,2-3,13,15-16H2,1H3,(H,33,39)(H,34,40)(H2,32,41,42)/b5-4+/t17-,22-,27+/m1/s1.